The summed E-state index contributed by atoms with van der Waals surface area (Å²) in [5.41, 5.74) is -0.366. The molecule has 0 spiro atoms. The summed E-state index contributed by atoms with van der Waals surface area (Å²) in [6.07, 6.45) is 0.398. The van der Waals surface area contributed by atoms with Crippen LogP contribution in [-0.2, 0) is 0 Å². The van der Waals surface area contributed by atoms with Crippen molar-refractivity contribution in [1.82, 2.24) is 0 Å². The van der Waals surface area contributed by atoms with E-state index in [1.165, 1.54) is 24.3 Å². The van der Waals surface area contributed by atoms with Gasteiger partial charge in [-0.3, -0.25) is 14.9 Å². The zero-order chi connectivity index (χ0) is 14.7. The van der Waals surface area contributed by atoms with Crippen molar-refractivity contribution in [3.63, 3.8) is 0 Å². The molecular formula is C13H7ClFNO4. The van der Waals surface area contributed by atoms with Gasteiger partial charge in [0.25, 0.3) is 0 Å². The fourth-order valence-electron chi connectivity index (χ4n) is 1.54. The van der Waals surface area contributed by atoms with Crippen LogP contribution in [0.4, 0.5) is 10.1 Å². The number of hydrogen-bond acceptors (Lipinski definition) is 4. The molecule has 0 fully saturated rings. The van der Waals surface area contributed by atoms with Gasteiger partial charge < -0.3 is 4.74 Å². The first kappa shape index (κ1) is 14.0. The Morgan fingerprint density at radius 2 is 1.95 bits per heavy atom. The molecule has 0 bridgehead atoms. The maximum absolute atomic E-state index is 13.0. The van der Waals surface area contributed by atoms with E-state index in [4.69, 9.17) is 16.3 Å². The van der Waals surface area contributed by atoms with E-state index in [9.17, 15) is 19.3 Å². The SMILES string of the molecule is O=Cc1cc(F)ccc1Oc1cc(Cl)ccc1[N+](=O)[O-]. The van der Waals surface area contributed by atoms with Crippen molar-refractivity contribution in [2.75, 3.05) is 0 Å². The van der Waals surface area contributed by atoms with Crippen LogP contribution in [0.3, 0.4) is 0 Å². The van der Waals surface area contributed by atoms with E-state index < -0.39 is 10.7 Å². The molecule has 7 heteroatoms. The highest BCUT2D eigenvalue weighted by Crippen LogP contribution is 2.34. The zero-order valence-electron chi connectivity index (χ0n) is 9.88. The van der Waals surface area contributed by atoms with Crippen molar-refractivity contribution in [3.8, 4) is 11.5 Å². The summed E-state index contributed by atoms with van der Waals surface area (Å²) in [5, 5.41) is 11.1. The van der Waals surface area contributed by atoms with E-state index in [1.54, 1.807) is 0 Å². The van der Waals surface area contributed by atoms with E-state index in [-0.39, 0.29) is 27.8 Å². The van der Waals surface area contributed by atoms with Gasteiger partial charge in [-0.25, -0.2) is 4.39 Å². The summed E-state index contributed by atoms with van der Waals surface area (Å²) >= 11 is 5.75. The van der Waals surface area contributed by atoms with Gasteiger partial charge in [-0.15, -0.1) is 0 Å². The molecule has 2 aromatic carbocycles. The molecule has 0 aliphatic rings. The quantitative estimate of drug-likeness (QED) is 0.486. The Morgan fingerprint density at radius 1 is 1.20 bits per heavy atom. The van der Waals surface area contributed by atoms with Crippen molar-refractivity contribution in [2.24, 2.45) is 0 Å². The van der Waals surface area contributed by atoms with Gasteiger partial charge in [-0.1, -0.05) is 11.6 Å². The number of carbonyl (C=O) groups excluding carboxylic acids is 1. The van der Waals surface area contributed by atoms with Crippen LogP contribution in [0, 0.1) is 15.9 Å². The van der Waals surface area contributed by atoms with Crippen LogP contribution >= 0.6 is 11.6 Å². The van der Waals surface area contributed by atoms with Gasteiger partial charge in [0.05, 0.1) is 10.5 Å². The van der Waals surface area contributed by atoms with Crippen molar-refractivity contribution in [1.29, 1.82) is 0 Å². The smallest absolute Gasteiger partial charge is 0.311 e. The van der Waals surface area contributed by atoms with Gasteiger partial charge in [-0.2, -0.15) is 0 Å². The second-order valence-electron chi connectivity index (χ2n) is 3.77. The summed E-state index contributed by atoms with van der Waals surface area (Å²) in [6, 6.07) is 7.04. The van der Waals surface area contributed by atoms with Crippen LogP contribution < -0.4 is 4.74 Å². The molecule has 0 radical (unpaired) electrons. The molecule has 102 valence electrons. The molecule has 0 N–H and O–H groups in total. The van der Waals surface area contributed by atoms with E-state index in [0.29, 0.717) is 6.29 Å². The normalized spacial score (nSPS) is 10.1. The predicted octanol–water partition coefficient (Wildman–Crippen LogP) is 3.99. The van der Waals surface area contributed by atoms with Crippen LogP contribution in [-0.4, -0.2) is 11.2 Å². The second kappa shape index (κ2) is 5.66. The van der Waals surface area contributed by atoms with Crippen LogP contribution in [0.1, 0.15) is 10.4 Å². The third kappa shape index (κ3) is 2.92. The van der Waals surface area contributed by atoms with Crippen LogP contribution in [0.25, 0.3) is 0 Å². The average Bonchev–Trinajstić information content (AvgIpc) is 2.40. The predicted molar refractivity (Wildman–Crippen MR) is 70.0 cm³/mol. The van der Waals surface area contributed by atoms with Gasteiger partial charge >= 0.3 is 5.69 Å². The Labute approximate surface area is 117 Å². The number of nitro groups is 1. The first-order chi connectivity index (χ1) is 9.51. The van der Waals surface area contributed by atoms with Gasteiger partial charge in [0.15, 0.2) is 6.29 Å². The lowest BCUT2D eigenvalue weighted by Crippen LogP contribution is -1.96. The Hall–Kier alpha value is -2.47. The molecule has 0 amide bonds. The lowest BCUT2D eigenvalue weighted by molar-refractivity contribution is -0.385. The molecule has 0 aliphatic heterocycles. The molecule has 0 aliphatic carbocycles. The van der Waals surface area contributed by atoms with E-state index >= 15 is 0 Å². The number of benzene rings is 2. The number of ether oxygens (including phenoxy) is 1. The van der Waals surface area contributed by atoms with E-state index in [2.05, 4.69) is 0 Å². The summed E-state index contributed by atoms with van der Waals surface area (Å²) in [4.78, 5) is 21.1. The lowest BCUT2D eigenvalue weighted by Gasteiger charge is -2.08. The van der Waals surface area contributed by atoms with Gasteiger partial charge in [0, 0.05) is 17.2 Å². The summed E-state index contributed by atoms with van der Waals surface area (Å²) in [6.45, 7) is 0. The number of nitro benzene ring substituents is 1. The molecule has 0 saturated carbocycles. The van der Waals surface area contributed by atoms with Gasteiger partial charge in [-0.05, 0) is 24.3 Å². The first-order valence-electron chi connectivity index (χ1n) is 5.38. The largest absolute Gasteiger partial charge is 0.449 e. The van der Waals surface area contributed by atoms with Crippen molar-refractivity contribution in [3.05, 3.63) is 62.9 Å². The highest BCUT2D eigenvalue weighted by atomic mass is 35.5. The number of aldehydes is 1. The van der Waals surface area contributed by atoms with E-state index in [0.717, 1.165) is 12.1 Å². The maximum Gasteiger partial charge on any atom is 0.311 e. The van der Waals surface area contributed by atoms with Crippen molar-refractivity contribution < 1.29 is 18.8 Å². The molecule has 2 rings (SSSR count). The Balaban J connectivity index is 2.46. The number of halogens is 2. The molecule has 0 atom stereocenters. The highest BCUT2D eigenvalue weighted by Gasteiger charge is 2.17. The van der Waals surface area contributed by atoms with Crippen molar-refractivity contribution in [2.45, 2.75) is 0 Å². The minimum atomic E-state index is -0.643. The molecular weight excluding hydrogens is 289 g/mol. The van der Waals surface area contributed by atoms with Gasteiger partial charge in [0.2, 0.25) is 5.75 Å². The number of rotatable bonds is 4. The van der Waals surface area contributed by atoms with Crippen LogP contribution in [0.2, 0.25) is 5.02 Å². The Bertz CT molecular complexity index is 690. The minimum Gasteiger partial charge on any atom is -0.449 e. The first-order valence-corrected chi connectivity index (χ1v) is 5.75. The van der Waals surface area contributed by atoms with Crippen LogP contribution in [0.15, 0.2) is 36.4 Å². The fraction of sp³-hybridized carbons (Fsp3) is 0. The number of hydrogen-bond donors (Lipinski definition) is 0. The highest BCUT2D eigenvalue weighted by molar-refractivity contribution is 6.30. The summed E-state index contributed by atoms with van der Waals surface area (Å²) in [5.74, 6) is -0.732. The third-order valence-electron chi connectivity index (χ3n) is 2.44. The molecule has 20 heavy (non-hydrogen) atoms. The second-order valence-corrected chi connectivity index (χ2v) is 4.21. The molecule has 0 unspecified atom stereocenters. The van der Waals surface area contributed by atoms with Crippen molar-refractivity contribution >= 4 is 23.6 Å². The van der Waals surface area contributed by atoms with Crippen LogP contribution in [0.5, 0.6) is 11.5 Å². The number of nitrogens with zero attached hydrogens (tertiary/aromatic N) is 1. The monoisotopic (exact) mass is 295 g/mol. The molecule has 2 aromatic rings. The zero-order valence-corrected chi connectivity index (χ0v) is 10.6. The summed E-state index contributed by atoms with van der Waals surface area (Å²) in [7, 11) is 0. The molecule has 0 aromatic heterocycles. The topological polar surface area (TPSA) is 69.4 Å². The molecule has 5 nitrogen and oxygen atoms in total. The third-order valence-corrected chi connectivity index (χ3v) is 2.67. The number of carbonyl (C=O) groups is 1. The lowest BCUT2D eigenvalue weighted by atomic mass is 10.2. The minimum absolute atomic E-state index is 0.00627. The Kier molecular flexibility index (Phi) is 3.95. The molecule has 0 saturated heterocycles. The standard InChI is InChI=1S/C13H7ClFNO4/c14-9-1-3-11(16(18)19)13(6-9)20-12-4-2-10(15)5-8(12)7-17/h1-7H. The summed E-state index contributed by atoms with van der Waals surface area (Å²) < 4.78 is 18.3. The fourth-order valence-corrected chi connectivity index (χ4v) is 1.71. The Morgan fingerprint density at radius 3 is 2.60 bits per heavy atom. The van der Waals surface area contributed by atoms with Gasteiger partial charge in [0.1, 0.15) is 11.6 Å². The maximum atomic E-state index is 13.0. The average molecular weight is 296 g/mol. The van der Waals surface area contributed by atoms with E-state index in [1.807, 2.05) is 0 Å². The molecule has 0 heterocycles.